The Hall–Kier alpha value is -1.55. The van der Waals surface area contributed by atoms with Gasteiger partial charge in [-0.25, -0.2) is 0 Å². The van der Waals surface area contributed by atoms with Gasteiger partial charge in [-0.3, -0.25) is 9.69 Å². The summed E-state index contributed by atoms with van der Waals surface area (Å²) >= 11 is 0. The normalized spacial score (nSPS) is 12.7. The van der Waals surface area contributed by atoms with Gasteiger partial charge in [-0.15, -0.1) is 0 Å². The molecule has 0 spiro atoms. The van der Waals surface area contributed by atoms with Crippen LogP contribution in [-0.2, 0) is 4.79 Å². The van der Waals surface area contributed by atoms with Crippen LogP contribution in [0.4, 0.5) is 0 Å². The number of carboxylic acid groups (broad SMARTS) is 1. The predicted octanol–water partition coefficient (Wildman–Crippen LogP) is 2.80. The standard InChI is InChI=1S/C15H23NO3/c1-11(2)9-16(10-15(17)18)12(3)13-6-5-7-14(8-13)19-4/h5-8,11-12H,9-10H2,1-4H3,(H,17,18). The van der Waals surface area contributed by atoms with E-state index in [2.05, 4.69) is 13.8 Å². The molecule has 0 aliphatic rings. The summed E-state index contributed by atoms with van der Waals surface area (Å²) in [5, 5.41) is 9.03. The van der Waals surface area contributed by atoms with Gasteiger partial charge in [0.1, 0.15) is 5.75 Å². The molecule has 1 rings (SSSR count). The minimum Gasteiger partial charge on any atom is -0.497 e. The largest absolute Gasteiger partial charge is 0.497 e. The molecule has 0 bridgehead atoms. The minimum absolute atomic E-state index is 0.0496. The molecule has 1 atom stereocenters. The summed E-state index contributed by atoms with van der Waals surface area (Å²) in [6, 6.07) is 7.83. The van der Waals surface area contributed by atoms with Gasteiger partial charge in [-0.2, -0.15) is 0 Å². The Labute approximate surface area is 115 Å². The number of carbonyl (C=O) groups is 1. The van der Waals surface area contributed by atoms with Crippen LogP contribution in [0.15, 0.2) is 24.3 Å². The van der Waals surface area contributed by atoms with Gasteiger partial charge in [0, 0.05) is 12.6 Å². The van der Waals surface area contributed by atoms with Gasteiger partial charge < -0.3 is 9.84 Å². The Bertz CT molecular complexity index is 418. The number of carboxylic acids is 1. The minimum atomic E-state index is -0.796. The molecule has 0 saturated heterocycles. The van der Waals surface area contributed by atoms with E-state index < -0.39 is 5.97 Å². The van der Waals surface area contributed by atoms with Crippen LogP contribution < -0.4 is 4.74 Å². The molecule has 0 aliphatic heterocycles. The highest BCUT2D eigenvalue weighted by molar-refractivity contribution is 5.69. The molecule has 0 amide bonds. The Morgan fingerprint density at radius 2 is 2.05 bits per heavy atom. The number of hydrogen-bond donors (Lipinski definition) is 1. The van der Waals surface area contributed by atoms with Gasteiger partial charge in [0.15, 0.2) is 0 Å². The maximum atomic E-state index is 11.0. The van der Waals surface area contributed by atoms with E-state index in [0.717, 1.165) is 17.9 Å². The second-order valence-corrected chi connectivity index (χ2v) is 5.17. The lowest BCUT2D eigenvalue weighted by molar-refractivity contribution is -0.139. The summed E-state index contributed by atoms with van der Waals surface area (Å²) in [6.07, 6.45) is 0. The van der Waals surface area contributed by atoms with Crippen molar-refractivity contribution in [3.8, 4) is 5.75 Å². The highest BCUT2D eigenvalue weighted by Gasteiger charge is 2.19. The molecule has 0 aromatic heterocycles. The number of hydrogen-bond acceptors (Lipinski definition) is 3. The summed E-state index contributed by atoms with van der Waals surface area (Å²) in [7, 11) is 1.63. The molecule has 19 heavy (non-hydrogen) atoms. The molecular formula is C15H23NO3. The fraction of sp³-hybridized carbons (Fsp3) is 0.533. The summed E-state index contributed by atoms with van der Waals surface area (Å²) in [5.74, 6) is 0.423. The quantitative estimate of drug-likeness (QED) is 0.823. The van der Waals surface area contributed by atoms with E-state index in [0.29, 0.717) is 5.92 Å². The lowest BCUT2D eigenvalue weighted by Crippen LogP contribution is -2.35. The smallest absolute Gasteiger partial charge is 0.317 e. The van der Waals surface area contributed by atoms with E-state index in [4.69, 9.17) is 9.84 Å². The third-order valence-electron chi connectivity index (χ3n) is 3.06. The molecule has 106 valence electrons. The molecule has 1 aromatic carbocycles. The Morgan fingerprint density at radius 3 is 2.58 bits per heavy atom. The first kappa shape index (κ1) is 15.5. The van der Waals surface area contributed by atoms with E-state index in [1.165, 1.54) is 0 Å². The van der Waals surface area contributed by atoms with Crippen LogP contribution in [0.1, 0.15) is 32.4 Å². The number of ether oxygens (including phenoxy) is 1. The first-order valence-corrected chi connectivity index (χ1v) is 6.53. The van der Waals surface area contributed by atoms with Crippen LogP contribution in [0.3, 0.4) is 0 Å². The van der Waals surface area contributed by atoms with Crippen molar-refractivity contribution < 1.29 is 14.6 Å². The van der Waals surface area contributed by atoms with Crippen molar-refractivity contribution in [1.29, 1.82) is 0 Å². The van der Waals surface area contributed by atoms with E-state index in [9.17, 15) is 4.79 Å². The van der Waals surface area contributed by atoms with Crippen molar-refractivity contribution in [2.75, 3.05) is 20.2 Å². The lowest BCUT2D eigenvalue weighted by atomic mass is 10.0. The topological polar surface area (TPSA) is 49.8 Å². The van der Waals surface area contributed by atoms with Crippen LogP contribution in [0, 0.1) is 5.92 Å². The number of methoxy groups -OCH3 is 1. The molecule has 0 heterocycles. The molecule has 0 fully saturated rings. The maximum Gasteiger partial charge on any atom is 0.317 e. The number of aliphatic carboxylic acids is 1. The molecule has 1 unspecified atom stereocenters. The first-order valence-electron chi connectivity index (χ1n) is 6.53. The number of benzene rings is 1. The second-order valence-electron chi connectivity index (χ2n) is 5.17. The molecule has 4 nitrogen and oxygen atoms in total. The zero-order valence-corrected chi connectivity index (χ0v) is 12.1. The molecular weight excluding hydrogens is 242 g/mol. The van der Waals surface area contributed by atoms with Gasteiger partial charge >= 0.3 is 5.97 Å². The monoisotopic (exact) mass is 265 g/mol. The van der Waals surface area contributed by atoms with Crippen LogP contribution in [-0.4, -0.2) is 36.2 Å². The van der Waals surface area contributed by atoms with Crippen LogP contribution in [0.2, 0.25) is 0 Å². The van der Waals surface area contributed by atoms with E-state index in [1.807, 2.05) is 36.1 Å². The summed E-state index contributed by atoms with van der Waals surface area (Å²) in [6.45, 7) is 7.02. The van der Waals surface area contributed by atoms with Crippen molar-refractivity contribution in [3.63, 3.8) is 0 Å². The van der Waals surface area contributed by atoms with Crippen LogP contribution >= 0.6 is 0 Å². The third-order valence-corrected chi connectivity index (χ3v) is 3.06. The number of rotatable bonds is 7. The van der Waals surface area contributed by atoms with Gasteiger partial charge in [0.2, 0.25) is 0 Å². The molecule has 0 saturated carbocycles. The van der Waals surface area contributed by atoms with Crippen molar-refractivity contribution >= 4 is 5.97 Å². The summed E-state index contributed by atoms with van der Waals surface area (Å²) in [5.41, 5.74) is 1.07. The Balaban J connectivity index is 2.89. The highest BCUT2D eigenvalue weighted by atomic mass is 16.5. The van der Waals surface area contributed by atoms with E-state index in [-0.39, 0.29) is 12.6 Å². The molecule has 1 N–H and O–H groups in total. The average molecular weight is 265 g/mol. The third kappa shape index (κ3) is 4.91. The number of nitrogens with zero attached hydrogens (tertiary/aromatic N) is 1. The second kappa shape index (κ2) is 7.14. The summed E-state index contributed by atoms with van der Waals surface area (Å²) in [4.78, 5) is 13.0. The van der Waals surface area contributed by atoms with Crippen molar-refractivity contribution in [2.24, 2.45) is 5.92 Å². The summed E-state index contributed by atoms with van der Waals surface area (Å²) < 4.78 is 5.21. The Morgan fingerprint density at radius 1 is 1.37 bits per heavy atom. The first-order chi connectivity index (χ1) is 8.93. The lowest BCUT2D eigenvalue weighted by Gasteiger charge is -2.29. The van der Waals surface area contributed by atoms with Gasteiger partial charge in [-0.05, 0) is 30.5 Å². The Kier molecular flexibility index (Phi) is 5.83. The molecule has 0 aliphatic carbocycles. The molecule has 4 heteroatoms. The SMILES string of the molecule is COc1cccc(C(C)N(CC(=O)O)CC(C)C)c1. The maximum absolute atomic E-state index is 11.0. The van der Waals surface area contributed by atoms with Gasteiger partial charge in [0.05, 0.1) is 13.7 Å². The zero-order valence-electron chi connectivity index (χ0n) is 12.1. The van der Waals surface area contributed by atoms with Crippen molar-refractivity contribution in [3.05, 3.63) is 29.8 Å². The molecule has 0 radical (unpaired) electrons. The van der Waals surface area contributed by atoms with Crippen LogP contribution in [0.25, 0.3) is 0 Å². The van der Waals surface area contributed by atoms with E-state index in [1.54, 1.807) is 7.11 Å². The van der Waals surface area contributed by atoms with Crippen molar-refractivity contribution in [1.82, 2.24) is 4.90 Å². The predicted molar refractivity (Wildman–Crippen MR) is 75.5 cm³/mol. The van der Waals surface area contributed by atoms with Gasteiger partial charge in [0.25, 0.3) is 0 Å². The zero-order chi connectivity index (χ0) is 14.4. The molecule has 1 aromatic rings. The fourth-order valence-electron chi connectivity index (χ4n) is 2.11. The van der Waals surface area contributed by atoms with Gasteiger partial charge in [-0.1, -0.05) is 26.0 Å². The van der Waals surface area contributed by atoms with Crippen molar-refractivity contribution in [2.45, 2.75) is 26.8 Å². The van der Waals surface area contributed by atoms with Crippen LogP contribution in [0.5, 0.6) is 5.75 Å². The fourth-order valence-corrected chi connectivity index (χ4v) is 2.11. The average Bonchev–Trinajstić information content (AvgIpc) is 2.36. The van der Waals surface area contributed by atoms with E-state index >= 15 is 0 Å². The highest BCUT2D eigenvalue weighted by Crippen LogP contribution is 2.24.